The molecule has 1 aromatic rings. The summed E-state index contributed by atoms with van der Waals surface area (Å²) in [5, 5.41) is 0. The van der Waals surface area contributed by atoms with Crippen molar-refractivity contribution in [1.29, 1.82) is 0 Å². The van der Waals surface area contributed by atoms with Crippen LogP contribution in [0.4, 0.5) is 0 Å². The number of carbonyl (C=O) groups is 1. The molecule has 0 radical (unpaired) electrons. The SMILES string of the molecule is CC1(c2ccc(C=O)cc2)CCCCC1. The number of hydrogen-bond donors (Lipinski definition) is 0. The number of carbonyl (C=O) groups excluding carboxylic acids is 1. The van der Waals surface area contributed by atoms with Gasteiger partial charge in [0.25, 0.3) is 0 Å². The first-order valence-electron chi connectivity index (χ1n) is 5.80. The quantitative estimate of drug-likeness (QED) is 0.668. The van der Waals surface area contributed by atoms with Gasteiger partial charge in [-0.15, -0.1) is 0 Å². The Kier molecular flexibility index (Phi) is 2.90. The lowest BCUT2D eigenvalue weighted by Gasteiger charge is -2.34. The molecule has 0 saturated heterocycles. The second-order valence-electron chi connectivity index (χ2n) is 4.86. The fraction of sp³-hybridized carbons (Fsp3) is 0.500. The molecule has 1 aromatic carbocycles. The second kappa shape index (κ2) is 4.18. The van der Waals surface area contributed by atoms with Gasteiger partial charge in [-0.25, -0.2) is 0 Å². The highest BCUT2D eigenvalue weighted by Crippen LogP contribution is 2.38. The summed E-state index contributed by atoms with van der Waals surface area (Å²) in [7, 11) is 0. The molecule has 1 aliphatic carbocycles. The third-order valence-electron chi connectivity index (χ3n) is 3.70. The first-order chi connectivity index (χ1) is 7.24. The highest BCUT2D eigenvalue weighted by atomic mass is 16.1. The zero-order valence-electron chi connectivity index (χ0n) is 9.33. The van der Waals surface area contributed by atoms with E-state index in [-0.39, 0.29) is 0 Å². The van der Waals surface area contributed by atoms with E-state index in [4.69, 9.17) is 0 Å². The maximum absolute atomic E-state index is 10.6. The molecule has 1 nitrogen and oxygen atoms in total. The van der Waals surface area contributed by atoms with E-state index in [9.17, 15) is 4.79 Å². The predicted molar refractivity (Wildman–Crippen MR) is 62.3 cm³/mol. The van der Waals surface area contributed by atoms with Crippen molar-refractivity contribution in [3.05, 3.63) is 35.4 Å². The third-order valence-corrected chi connectivity index (χ3v) is 3.70. The van der Waals surface area contributed by atoms with Crippen LogP contribution in [0.3, 0.4) is 0 Å². The molecule has 0 unspecified atom stereocenters. The summed E-state index contributed by atoms with van der Waals surface area (Å²) in [5.41, 5.74) is 2.52. The van der Waals surface area contributed by atoms with Gasteiger partial charge in [-0.3, -0.25) is 4.79 Å². The van der Waals surface area contributed by atoms with Crippen molar-refractivity contribution in [2.45, 2.75) is 44.4 Å². The smallest absolute Gasteiger partial charge is 0.150 e. The van der Waals surface area contributed by atoms with Crippen LogP contribution in [0.15, 0.2) is 24.3 Å². The Balaban J connectivity index is 2.23. The van der Waals surface area contributed by atoms with E-state index in [1.54, 1.807) is 0 Å². The number of hydrogen-bond acceptors (Lipinski definition) is 1. The topological polar surface area (TPSA) is 17.1 Å². The lowest BCUT2D eigenvalue weighted by molar-refractivity contribution is 0.112. The van der Waals surface area contributed by atoms with Gasteiger partial charge >= 0.3 is 0 Å². The minimum atomic E-state index is 0.347. The maximum atomic E-state index is 10.6. The van der Waals surface area contributed by atoms with Gasteiger partial charge in [0, 0.05) is 5.56 Å². The van der Waals surface area contributed by atoms with Crippen LogP contribution in [0.25, 0.3) is 0 Å². The molecule has 0 spiro atoms. The van der Waals surface area contributed by atoms with Crippen molar-refractivity contribution < 1.29 is 4.79 Å². The van der Waals surface area contributed by atoms with Gasteiger partial charge in [0.2, 0.25) is 0 Å². The van der Waals surface area contributed by atoms with Crippen LogP contribution < -0.4 is 0 Å². The standard InChI is InChI=1S/C14H18O/c1-14(9-3-2-4-10-14)13-7-5-12(11-15)6-8-13/h5-8,11H,2-4,9-10H2,1H3. The largest absolute Gasteiger partial charge is 0.298 e. The van der Waals surface area contributed by atoms with Gasteiger partial charge in [-0.05, 0) is 23.8 Å². The minimum Gasteiger partial charge on any atom is -0.298 e. The van der Waals surface area contributed by atoms with Crippen LogP contribution in [0.5, 0.6) is 0 Å². The van der Waals surface area contributed by atoms with Crippen molar-refractivity contribution in [2.75, 3.05) is 0 Å². The van der Waals surface area contributed by atoms with Crippen molar-refractivity contribution in [3.8, 4) is 0 Å². The van der Waals surface area contributed by atoms with E-state index in [0.29, 0.717) is 5.41 Å². The van der Waals surface area contributed by atoms with E-state index in [0.717, 1.165) is 11.8 Å². The van der Waals surface area contributed by atoms with Crippen molar-refractivity contribution in [3.63, 3.8) is 0 Å². The Morgan fingerprint density at radius 3 is 2.20 bits per heavy atom. The molecule has 15 heavy (non-hydrogen) atoms. The fourth-order valence-corrected chi connectivity index (χ4v) is 2.58. The summed E-state index contributed by atoms with van der Waals surface area (Å²) in [4.78, 5) is 10.6. The van der Waals surface area contributed by atoms with E-state index in [1.165, 1.54) is 37.7 Å². The molecule has 1 fully saturated rings. The molecule has 0 amide bonds. The van der Waals surface area contributed by atoms with Crippen LogP contribution in [0.1, 0.15) is 54.9 Å². The molecule has 0 aromatic heterocycles. The predicted octanol–water partition coefficient (Wildman–Crippen LogP) is 3.72. The number of aldehydes is 1. The molecule has 0 aliphatic heterocycles. The van der Waals surface area contributed by atoms with Crippen LogP contribution in [0, 0.1) is 0 Å². The van der Waals surface area contributed by atoms with Crippen LogP contribution >= 0.6 is 0 Å². The second-order valence-corrected chi connectivity index (χ2v) is 4.86. The molecule has 0 bridgehead atoms. The van der Waals surface area contributed by atoms with Gasteiger partial charge in [-0.1, -0.05) is 50.5 Å². The van der Waals surface area contributed by atoms with Crippen LogP contribution in [-0.4, -0.2) is 6.29 Å². The molecule has 0 heterocycles. The summed E-state index contributed by atoms with van der Waals surface area (Å²) in [6, 6.07) is 8.11. The molecule has 0 N–H and O–H groups in total. The summed E-state index contributed by atoms with van der Waals surface area (Å²) >= 11 is 0. The average molecular weight is 202 g/mol. The number of benzene rings is 1. The molecule has 1 saturated carbocycles. The van der Waals surface area contributed by atoms with E-state index in [2.05, 4.69) is 19.1 Å². The molecular formula is C14H18O. The van der Waals surface area contributed by atoms with Crippen LogP contribution in [0.2, 0.25) is 0 Å². The molecular weight excluding hydrogens is 184 g/mol. The highest BCUT2D eigenvalue weighted by molar-refractivity contribution is 5.74. The monoisotopic (exact) mass is 202 g/mol. The zero-order valence-corrected chi connectivity index (χ0v) is 9.33. The van der Waals surface area contributed by atoms with Crippen molar-refractivity contribution >= 4 is 6.29 Å². The Labute approximate surface area is 91.5 Å². The van der Waals surface area contributed by atoms with Crippen LogP contribution in [-0.2, 0) is 5.41 Å². The van der Waals surface area contributed by atoms with Crippen molar-refractivity contribution in [2.24, 2.45) is 0 Å². The maximum Gasteiger partial charge on any atom is 0.150 e. The highest BCUT2D eigenvalue weighted by Gasteiger charge is 2.28. The molecule has 80 valence electrons. The summed E-state index contributed by atoms with van der Waals surface area (Å²) < 4.78 is 0. The lowest BCUT2D eigenvalue weighted by Crippen LogP contribution is -2.24. The van der Waals surface area contributed by atoms with E-state index < -0.39 is 0 Å². The minimum absolute atomic E-state index is 0.347. The normalized spacial score (nSPS) is 19.8. The summed E-state index contributed by atoms with van der Waals surface area (Å²) in [5.74, 6) is 0. The molecule has 1 heteroatoms. The van der Waals surface area contributed by atoms with E-state index >= 15 is 0 Å². The van der Waals surface area contributed by atoms with E-state index in [1.807, 2.05) is 12.1 Å². The number of rotatable bonds is 2. The molecule has 2 rings (SSSR count). The average Bonchev–Trinajstić information content (AvgIpc) is 2.30. The van der Waals surface area contributed by atoms with Gasteiger partial charge in [0.05, 0.1) is 0 Å². The molecule has 0 atom stereocenters. The third kappa shape index (κ3) is 2.11. The lowest BCUT2D eigenvalue weighted by atomic mass is 9.71. The Hall–Kier alpha value is -1.11. The van der Waals surface area contributed by atoms with Gasteiger partial charge in [0.1, 0.15) is 6.29 Å². The summed E-state index contributed by atoms with van der Waals surface area (Å²) in [6.45, 7) is 2.35. The Bertz CT molecular complexity index is 331. The molecule has 1 aliphatic rings. The fourth-order valence-electron chi connectivity index (χ4n) is 2.58. The first-order valence-corrected chi connectivity index (χ1v) is 5.80. The Morgan fingerprint density at radius 2 is 1.67 bits per heavy atom. The summed E-state index contributed by atoms with van der Waals surface area (Å²) in [6.07, 6.45) is 7.54. The van der Waals surface area contributed by atoms with Gasteiger partial charge in [0.15, 0.2) is 0 Å². The van der Waals surface area contributed by atoms with Gasteiger partial charge < -0.3 is 0 Å². The zero-order chi connectivity index (χ0) is 10.7. The van der Waals surface area contributed by atoms with Crippen molar-refractivity contribution in [1.82, 2.24) is 0 Å². The van der Waals surface area contributed by atoms with Gasteiger partial charge in [-0.2, -0.15) is 0 Å². The Morgan fingerprint density at radius 1 is 1.07 bits per heavy atom. The first kappa shape index (κ1) is 10.4.